The van der Waals surface area contributed by atoms with Crippen molar-refractivity contribution in [1.29, 1.82) is 0 Å². The summed E-state index contributed by atoms with van der Waals surface area (Å²) < 4.78 is 6.29. The van der Waals surface area contributed by atoms with Gasteiger partial charge >= 0.3 is 6.03 Å². The first-order valence-electron chi connectivity index (χ1n) is 8.60. The van der Waals surface area contributed by atoms with Crippen molar-refractivity contribution >= 4 is 51.2 Å². The van der Waals surface area contributed by atoms with E-state index in [1.54, 1.807) is 24.3 Å². The molecule has 0 bridgehead atoms. The molecule has 1 saturated heterocycles. The molecule has 1 heterocycles. The first-order valence-corrected chi connectivity index (χ1v) is 9.78. The average molecular weight is 493 g/mol. The van der Waals surface area contributed by atoms with Gasteiger partial charge < -0.3 is 10.1 Å². The molecular formula is C20H15BrClN3O5. The van der Waals surface area contributed by atoms with Crippen molar-refractivity contribution in [3.8, 4) is 5.75 Å². The Morgan fingerprint density at radius 3 is 2.57 bits per heavy atom. The van der Waals surface area contributed by atoms with Crippen LogP contribution in [0.2, 0.25) is 5.02 Å². The minimum Gasteiger partial charge on any atom is -0.486 e. The van der Waals surface area contributed by atoms with E-state index in [1.165, 1.54) is 24.3 Å². The van der Waals surface area contributed by atoms with Gasteiger partial charge in [0.1, 0.15) is 12.3 Å². The molecule has 0 unspecified atom stereocenters. The number of halogens is 2. The largest absolute Gasteiger partial charge is 0.486 e. The molecule has 0 aliphatic carbocycles. The Morgan fingerprint density at radius 1 is 1.27 bits per heavy atom. The number of nitrogens with zero attached hydrogens (tertiary/aromatic N) is 2. The standard InChI is InChI=1S/C20H15BrClN3O5/c1-2-7-24-19(26)17(23-20(24)27)10-13-8-15(21)18(16(22)9-13)30-11-12-3-5-14(6-4-12)25(28)29/h2-6,8-10H,1,7,11H2,(H,23,27)/b17-10+. The van der Waals surface area contributed by atoms with Gasteiger partial charge in [-0.15, -0.1) is 6.58 Å². The molecule has 0 spiro atoms. The zero-order valence-corrected chi connectivity index (χ0v) is 17.8. The lowest BCUT2D eigenvalue weighted by Crippen LogP contribution is -2.30. The second-order valence-electron chi connectivity index (χ2n) is 6.22. The summed E-state index contributed by atoms with van der Waals surface area (Å²) in [4.78, 5) is 35.4. The van der Waals surface area contributed by atoms with Gasteiger partial charge in [-0.1, -0.05) is 17.7 Å². The number of non-ortho nitro benzene ring substituents is 1. The fraction of sp³-hybridized carbons (Fsp3) is 0.100. The molecule has 2 aromatic rings. The van der Waals surface area contributed by atoms with E-state index in [-0.39, 0.29) is 29.6 Å². The number of benzene rings is 2. The maximum Gasteiger partial charge on any atom is 0.329 e. The van der Waals surface area contributed by atoms with E-state index < -0.39 is 16.9 Å². The average Bonchev–Trinajstić information content (AvgIpc) is 2.95. The van der Waals surface area contributed by atoms with E-state index in [9.17, 15) is 19.7 Å². The molecule has 8 nitrogen and oxygen atoms in total. The smallest absolute Gasteiger partial charge is 0.329 e. The summed E-state index contributed by atoms with van der Waals surface area (Å²) in [6, 6.07) is 8.77. The van der Waals surface area contributed by atoms with E-state index >= 15 is 0 Å². The van der Waals surface area contributed by atoms with Crippen LogP contribution in [0.15, 0.2) is 59.2 Å². The molecule has 0 saturated carbocycles. The predicted molar refractivity (Wildman–Crippen MR) is 115 cm³/mol. The van der Waals surface area contributed by atoms with Crippen LogP contribution in [-0.4, -0.2) is 28.3 Å². The fourth-order valence-corrected chi connectivity index (χ4v) is 3.69. The van der Waals surface area contributed by atoms with Crippen LogP contribution in [-0.2, 0) is 11.4 Å². The van der Waals surface area contributed by atoms with Crippen molar-refractivity contribution < 1.29 is 19.2 Å². The summed E-state index contributed by atoms with van der Waals surface area (Å²) in [5.41, 5.74) is 1.44. The fourth-order valence-electron chi connectivity index (χ4n) is 2.70. The van der Waals surface area contributed by atoms with Crippen LogP contribution in [0.1, 0.15) is 11.1 Å². The van der Waals surface area contributed by atoms with Gasteiger partial charge in [0.15, 0.2) is 5.75 Å². The highest BCUT2D eigenvalue weighted by Gasteiger charge is 2.32. The molecule has 0 atom stereocenters. The molecule has 1 N–H and O–H groups in total. The summed E-state index contributed by atoms with van der Waals surface area (Å²) in [7, 11) is 0. The maximum atomic E-state index is 12.3. The number of ether oxygens (including phenoxy) is 1. The number of rotatable bonds is 7. The van der Waals surface area contributed by atoms with Crippen molar-refractivity contribution in [2.75, 3.05) is 6.54 Å². The SMILES string of the molecule is C=CCN1C(=O)N/C(=C/c2cc(Cl)c(OCc3ccc([N+](=O)[O-])cc3)c(Br)c2)C1=O. The van der Waals surface area contributed by atoms with E-state index in [2.05, 4.69) is 27.8 Å². The summed E-state index contributed by atoms with van der Waals surface area (Å²) in [5, 5.41) is 13.5. The molecule has 0 aromatic heterocycles. The zero-order chi connectivity index (χ0) is 21.8. The van der Waals surface area contributed by atoms with Crippen LogP contribution in [0.4, 0.5) is 10.5 Å². The number of nitrogens with one attached hydrogen (secondary N) is 1. The highest BCUT2D eigenvalue weighted by molar-refractivity contribution is 9.10. The molecule has 1 aliphatic heterocycles. The Labute approximate surface area is 185 Å². The third kappa shape index (κ3) is 4.69. The van der Waals surface area contributed by atoms with Crippen molar-refractivity contribution in [2.24, 2.45) is 0 Å². The van der Waals surface area contributed by atoms with Gasteiger partial charge in [0.05, 0.1) is 14.4 Å². The number of carbonyl (C=O) groups excluding carboxylic acids is 2. The van der Waals surface area contributed by atoms with Gasteiger partial charge in [0.2, 0.25) is 0 Å². The van der Waals surface area contributed by atoms with Crippen LogP contribution in [0.3, 0.4) is 0 Å². The Kier molecular flexibility index (Phi) is 6.53. The molecule has 3 rings (SSSR count). The first-order chi connectivity index (χ1) is 14.3. The molecule has 10 heteroatoms. The Balaban J connectivity index is 1.75. The summed E-state index contributed by atoms with van der Waals surface area (Å²) in [6.07, 6.45) is 2.98. The second kappa shape index (κ2) is 9.10. The van der Waals surface area contributed by atoms with Crippen molar-refractivity contribution in [3.63, 3.8) is 0 Å². The number of urea groups is 1. The maximum absolute atomic E-state index is 12.3. The molecule has 3 amide bonds. The summed E-state index contributed by atoms with van der Waals surface area (Å²) in [5.74, 6) is -0.0714. The van der Waals surface area contributed by atoms with Crippen LogP contribution in [0.5, 0.6) is 5.75 Å². The molecule has 0 radical (unpaired) electrons. The van der Waals surface area contributed by atoms with Crippen LogP contribution < -0.4 is 10.1 Å². The molecule has 2 aromatic carbocycles. The monoisotopic (exact) mass is 491 g/mol. The Hall–Kier alpha value is -3.17. The topological polar surface area (TPSA) is 102 Å². The number of amides is 3. The van der Waals surface area contributed by atoms with Gasteiger partial charge in [0.25, 0.3) is 11.6 Å². The van der Waals surface area contributed by atoms with Crippen LogP contribution >= 0.6 is 27.5 Å². The number of carbonyl (C=O) groups is 2. The van der Waals surface area contributed by atoms with Gasteiger partial charge in [-0.2, -0.15) is 0 Å². The number of nitro benzene ring substituents is 1. The molecule has 154 valence electrons. The van der Waals surface area contributed by atoms with Crippen molar-refractivity contribution in [1.82, 2.24) is 10.2 Å². The Morgan fingerprint density at radius 2 is 1.97 bits per heavy atom. The number of nitro groups is 1. The van der Waals surface area contributed by atoms with Gasteiger partial charge in [-0.25, -0.2) is 4.79 Å². The lowest BCUT2D eigenvalue weighted by atomic mass is 10.1. The van der Waals surface area contributed by atoms with E-state index in [1.807, 2.05) is 0 Å². The van der Waals surface area contributed by atoms with Crippen LogP contribution in [0, 0.1) is 10.1 Å². The number of hydrogen-bond donors (Lipinski definition) is 1. The molecule has 30 heavy (non-hydrogen) atoms. The third-order valence-electron chi connectivity index (χ3n) is 4.14. The molecule has 1 aliphatic rings. The quantitative estimate of drug-likeness (QED) is 0.199. The normalized spacial score (nSPS) is 14.7. The second-order valence-corrected chi connectivity index (χ2v) is 7.48. The van der Waals surface area contributed by atoms with E-state index in [4.69, 9.17) is 16.3 Å². The third-order valence-corrected chi connectivity index (χ3v) is 5.01. The lowest BCUT2D eigenvalue weighted by molar-refractivity contribution is -0.384. The summed E-state index contributed by atoms with van der Waals surface area (Å²) >= 11 is 9.72. The summed E-state index contributed by atoms with van der Waals surface area (Å²) in [6.45, 7) is 3.79. The van der Waals surface area contributed by atoms with Crippen molar-refractivity contribution in [3.05, 3.63) is 85.5 Å². The van der Waals surface area contributed by atoms with Gasteiger partial charge in [-0.05, 0) is 57.4 Å². The lowest BCUT2D eigenvalue weighted by Gasteiger charge is -2.11. The first kappa shape index (κ1) is 21.5. The highest BCUT2D eigenvalue weighted by atomic mass is 79.9. The number of imide groups is 1. The van der Waals surface area contributed by atoms with Crippen molar-refractivity contribution in [2.45, 2.75) is 6.61 Å². The van der Waals surface area contributed by atoms with Crippen LogP contribution in [0.25, 0.3) is 6.08 Å². The van der Waals surface area contributed by atoms with E-state index in [0.29, 0.717) is 15.8 Å². The highest BCUT2D eigenvalue weighted by Crippen LogP contribution is 2.36. The van der Waals surface area contributed by atoms with Gasteiger partial charge in [-0.3, -0.25) is 19.8 Å². The number of hydrogen-bond acceptors (Lipinski definition) is 5. The minimum atomic E-state index is -0.514. The zero-order valence-electron chi connectivity index (χ0n) is 15.4. The molecule has 1 fully saturated rings. The minimum absolute atomic E-state index is 0.00411. The predicted octanol–water partition coefficient (Wildman–Crippen LogP) is 4.67. The van der Waals surface area contributed by atoms with Gasteiger partial charge in [0, 0.05) is 18.7 Å². The molecular weight excluding hydrogens is 478 g/mol. The Bertz CT molecular complexity index is 1050. The van der Waals surface area contributed by atoms with E-state index in [0.717, 1.165) is 10.5 Å².